The quantitative estimate of drug-likeness (QED) is 0.384. The van der Waals surface area contributed by atoms with Crippen LogP contribution in [0.4, 0.5) is 13.2 Å². The van der Waals surface area contributed by atoms with Gasteiger partial charge >= 0.3 is 12.1 Å². The second-order valence-corrected chi connectivity index (χ2v) is 8.11. The summed E-state index contributed by atoms with van der Waals surface area (Å²) in [6, 6.07) is 11.0. The zero-order chi connectivity index (χ0) is 22.6. The fourth-order valence-corrected chi connectivity index (χ4v) is 4.36. The van der Waals surface area contributed by atoms with E-state index in [2.05, 4.69) is 0 Å². The highest BCUT2D eigenvalue weighted by atomic mass is 35.5. The lowest BCUT2D eigenvalue weighted by Crippen LogP contribution is -2.20. The first-order valence-electron chi connectivity index (χ1n) is 10.5. The first-order chi connectivity index (χ1) is 14.7. The molecule has 1 saturated carbocycles. The van der Waals surface area contributed by atoms with Crippen molar-refractivity contribution >= 4 is 17.6 Å². The maximum absolute atomic E-state index is 12.9. The molecular weight excluding hydrogens is 429 g/mol. The molecule has 1 fully saturated rings. The molecule has 2 aromatic rings. The summed E-state index contributed by atoms with van der Waals surface area (Å²) in [5.41, 5.74) is 3.35. The zero-order valence-electron chi connectivity index (χ0n) is 17.6. The third-order valence-corrected chi connectivity index (χ3v) is 5.80. The number of carbonyl (C=O) groups excluding carboxylic acids is 1. The van der Waals surface area contributed by atoms with Crippen LogP contribution in [0.15, 0.2) is 36.4 Å². The monoisotopic (exact) mass is 454 g/mol. The van der Waals surface area contributed by atoms with E-state index < -0.39 is 12.8 Å². The fraction of sp³-hybridized carbons (Fsp3) is 0.458. The van der Waals surface area contributed by atoms with Crippen LogP contribution in [0, 0.1) is 5.92 Å². The molecule has 0 bridgehead atoms. The van der Waals surface area contributed by atoms with Crippen molar-refractivity contribution in [2.45, 2.75) is 51.6 Å². The normalized spacial score (nSPS) is 18.0. The molecule has 0 radical (unpaired) electrons. The Morgan fingerprint density at radius 2 is 1.90 bits per heavy atom. The summed E-state index contributed by atoms with van der Waals surface area (Å²) in [5.74, 6) is 0.412. The van der Waals surface area contributed by atoms with Crippen molar-refractivity contribution in [1.82, 2.24) is 0 Å². The number of alkyl halides is 3. The van der Waals surface area contributed by atoms with Crippen LogP contribution < -0.4 is 4.74 Å². The predicted molar refractivity (Wildman–Crippen MR) is 115 cm³/mol. The lowest BCUT2D eigenvalue weighted by Gasteiger charge is -2.21. The third-order valence-electron chi connectivity index (χ3n) is 5.52. The average molecular weight is 455 g/mol. The molecule has 1 aliphatic rings. The molecule has 0 spiro atoms. The minimum atomic E-state index is -4.46. The van der Waals surface area contributed by atoms with E-state index in [-0.39, 0.29) is 22.7 Å². The number of hydrogen-bond donors (Lipinski definition) is 0. The molecule has 0 aliphatic heterocycles. The van der Waals surface area contributed by atoms with Gasteiger partial charge < -0.3 is 9.47 Å². The van der Waals surface area contributed by atoms with Crippen LogP contribution in [0.25, 0.3) is 11.1 Å². The molecule has 3 nitrogen and oxygen atoms in total. The summed E-state index contributed by atoms with van der Waals surface area (Å²) in [4.78, 5) is 11.7. The second-order valence-electron chi connectivity index (χ2n) is 7.70. The van der Waals surface area contributed by atoms with Gasteiger partial charge in [0.15, 0.2) is 6.61 Å². The second kappa shape index (κ2) is 9.94. The summed E-state index contributed by atoms with van der Waals surface area (Å²) in [5, 5.41) is 0.173. The molecule has 0 amide bonds. The summed E-state index contributed by atoms with van der Waals surface area (Å²) in [6.45, 7) is 2.71. The van der Waals surface area contributed by atoms with Crippen LogP contribution in [-0.2, 0) is 16.0 Å². The SMILES string of the molecule is CCOC(=O)CCC1CC1c1cc(Cl)c(OCC(F)(F)F)c(-c2ccccc2)c1CC. The largest absolute Gasteiger partial charge is 0.482 e. The minimum absolute atomic E-state index is 0.0644. The number of ether oxygens (including phenoxy) is 2. The van der Waals surface area contributed by atoms with Crippen LogP contribution in [0.2, 0.25) is 5.02 Å². The summed E-state index contributed by atoms with van der Waals surface area (Å²) in [7, 11) is 0. The van der Waals surface area contributed by atoms with Gasteiger partial charge in [-0.15, -0.1) is 0 Å². The first kappa shape index (κ1) is 23.5. The van der Waals surface area contributed by atoms with E-state index in [1.165, 1.54) is 0 Å². The van der Waals surface area contributed by atoms with Gasteiger partial charge in [-0.25, -0.2) is 0 Å². The molecule has 3 rings (SSSR count). The van der Waals surface area contributed by atoms with E-state index in [9.17, 15) is 18.0 Å². The van der Waals surface area contributed by atoms with E-state index in [1.54, 1.807) is 13.0 Å². The highest BCUT2D eigenvalue weighted by Gasteiger charge is 2.41. The maximum Gasteiger partial charge on any atom is 0.422 e. The highest BCUT2D eigenvalue weighted by Crippen LogP contribution is 2.54. The molecule has 31 heavy (non-hydrogen) atoms. The Balaban J connectivity index is 1.95. The summed E-state index contributed by atoms with van der Waals surface area (Å²) < 4.78 is 48.8. The Morgan fingerprint density at radius 3 is 2.52 bits per heavy atom. The molecule has 0 saturated heterocycles. The Kier molecular flexibility index (Phi) is 7.52. The number of esters is 1. The van der Waals surface area contributed by atoms with E-state index in [4.69, 9.17) is 21.1 Å². The van der Waals surface area contributed by atoms with E-state index in [0.717, 1.165) is 29.5 Å². The maximum atomic E-state index is 12.9. The highest BCUT2D eigenvalue weighted by molar-refractivity contribution is 6.32. The van der Waals surface area contributed by atoms with Crippen molar-refractivity contribution in [2.75, 3.05) is 13.2 Å². The van der Waals surface area contributed by atoms with Gasteiger partial charge in [0, 0.05) is 12.0 Å². The lowest BCUT2D eigenvalue weighted by molar-refractivity contribution is -0.153. The van der Waals surface area contributed by atoms with E-state index >= 15 is 0 Å². The molecular formula is C24H26ClF3O3. The van der Waals surface area contributed by atoms with Gasteiger partial charge in [-0.1, -0.05) is 48.9 Å². The van der Waals surface area contributed by atoms with Gasteiger partial charge in [-0.3, -0.25) is 4.79 Å². The van der Waals surface area contributed by atoms with Crippen LogP contribution in [0.1, 0.15) is 50.2 Å². The average Bonchev–Trinajstić information content (AvgIpc) is 3.50. The van der Waals surface area contributed by atoms with Crippen molar-refractivity contribution in [2.24, 2.45) is 5.92 Å². The molecule has 7 heteroatoms. The molecule has 0 N–H and O–H groups in total. The molecule has 2 aromatic carbocycles. The van der Waals surface area contributed by atoms with Gasteiger partial charge in [0.1, 0.15) is 5.75 Å². The Labute approximate surface area is 185 Å². The molecule has 2 unspecified atom stereocenters. The number of benzene rings is 2. The number of hydrogen-bond acceptors (Lipinski definition) is 3. The predicted octanol–water partition coefficient (Wildman–Crippen LogP) is 6.96. The Morgan fingerprint density at radius 1 is 1.19 bits per heavy atom. The van der Waals surface area contributed by atoms with Crippen molar-refractivity contribution < 1.29 is 27.4 Å². The van der Waals surface area contributed by atoms with E-state index in [0.29, 0.717) is 30.9 Å². The van der Waals surface area contributed by atoms with Crippen LogP contribution in [0.5, 0.6) is 5.75 Å². The Bertz CT molecular complexity index is 913. The zero-order valence-corrected chi connectivity index (χ0v) is 18.4. The van der Waals surface area contributed by atoms with Crippen LogP contribution in [0.3, 0.4) is 0 Å². The van der Waals surface area contributed by atoms with Crippen molar-refractivity contribution in [3.05, 3.63) is 52.5 Å². The molecule has 0 heterocycles. The first-order valence-corrected chi connectivity index (χ1v) is 10.9. The van der Waals surface area contributed by atoms with Gasteiger partial charge in [0.2, 0.25) is 0 Å². The number of halogens is 4. The third kappa shape index (κ3) is 5.94. The van der Waals surface area contributed by atoms with Crippen molar-refractivity contribution in [3.8, 4) is 16.9 Å². The Hall–Kier alpha value is -2.21. The fourth-order valence-electron chi connectivity index (χ4n) is 4.09. The van der Waals surface area contributed by atoms with Gasteiger partial charge in [-0.05, 0) is 60.8 Å². The number of carbonyl (C=O) groups is 1. The van der Waals surface area contributed by atoms with Gasteiger partial charge in [0.25, 0.3) is 0 Å². The molecule has 0 aromatic heterocycles. The standard InChI is InChI=1S/C24H26ClF3O3/c1-3-17-19(18-12-16(18)10-11-21(29)30-4-2)13-20(25)23(31-14-24(26,27)28)22(17)15-8-6-5-7-9-15/h5-9,13,16,18H,3-4,10-12,14H2,1-2H3. The van der Waals surface area contributed by atoms with Crippen molar-refractivity contribution in [1.29, 1.82) is 0 Å². The van der Waals surface area contributed by atoms with Gasteiger partial charge in [0.05, 0.1) is 11.6 Å². The number of rotatable bonds is 9. The molecule has 1 aliphatic carbocycles. The smallest absolute Gasteiger partial charge is 0.422 e. The molecule has 2 atom stereocenters. The topological polar surface area (TPSA) is 35.5 Å². The van der Waals surface area contributed by atoms with Crippen LogP contribution >= 0.6 is 11.6 Å². The van der Waals surface area contributed by atoms with Gasteiger partial charge in [-0.2, -0.15) is 13.2 Å². The van der Waals surface area contributed by atoms with Crippen molar-refractivity contribution in [3.63, 3.8) is 0 Å². The summed E-state index contributed by atoms with van der Waals surface area (Å²) >= 11 is 6.46. The van der Waals surface area contributed by atoms with Crippen LogP contribution in [-0.4, -0.2) is 25.4 Å². The molecule has 168 valence electrons. The van der Waals surface area contributed by atoms with E-state index in [1.807, 2.05) is 37.3 Å². The summed E-state index contributed by atoms with van der Waals surface area (Å²) in [6.07, 6.45) is -1.84. The lowest BCUT2D eigenvalue weighted by atomic mass is 9.90. The minimum Gasteiger partial charge on any atom is -0.482 e.